The summed E-state index contributed by atoms with van der Waals surface area (Å²) < 4.78 is 52.8. The van der Waals surface area contributed by atoms with Crippen LogP contribution in [-0.4, -0.2) is 18.6 Å². The summed E-state index contributed by atoms with van der Waals surface area (Å²) in [6.07, 6.45) is 0. The number of hydrogen-bond donors (Lipinski definition) is 2. The average molecular weight is 309 g/mol. The Hall–Kier alpha value is -2.48. The molecule has 0 bridgehead atoms. The predicted molar refractivity (Wildman–Crippen MR) is 73.3 cm³/mol. The quantitative estimate of drug-likeness (QED) is 0.781. The average Bonchev–Trinajstić information content (AvgIpc) is 2.81. The lowest BCUT2D eigenvalue weighted by atomic mass is 10.2. The molecule has 2 N–H and O–H groups in total. The molecule has 0 aliphatic carbocycles. The van der Waals surface area contributed by atoms with Crippen LogP contribution in [-0.2, 0) is 10.0 Å². The largest absolute Gasteiger partial charge is 0.276 e. The van der Waals surface area contributed by atoms with Crippen molar-refractivity contribution in [1.29, 1.82) is 0 Å². The van der Waals surface area contributed by atoms with Crippen LogP contribution in [0.2, 0.25) is 0 Å². The summed E-state index contributed by atoms with van der Waals surface area (Å²) in [5.74, 6) is -1.88. The van der Waals surface area contributed by atoms with Crippen molar-refractivity contribution in [3.8, 4) is 0 Å². The minimum atomic E-state index is -4.13. The van der Waals surface area contributed by atoms with Crippen LogP contribution in [0.4, 0.5) is 14.6 Å². The van der Waals surface area contributed by atoms with Crippen molar-refractivity contribution < 1.29 is 17.2 Å². The van der Waals surface area contributed by atoms with Gasteiger partial charge < -0.3 is 0 Å². The van der Waals surface area contributed by atoms with E-state index in [1.165, 1.54) is 0 Å². The molecule has 0 atom stereocenters. The summed E-state index contributed by atoms with van der Waals surface area (Å²) in [7, 11) is -4.13. The number of para-hydroxylation sites is 1. The lowest BCUT2D eigenvalue weighted by molar-refractivity contribution is 0.568. The number of H-pyrrole nitrogens is 1. The van der Waals surface area contributed by atoms with Crippen LogP contribution in [0.5, 0.6) is 0 Å². The Morgan fingerprint density at radius 2 is 1.71 bits per heavy atom. The summed E-state index contributed by atoms with van der Waals surface area (Å²) in [5, 5.41) is 7.06. The highest BCUT2D eigenvalue weighted by Crippen LogP contribution is 2.23. The van der Waals surface area contributed by atoms with Crippen LogP contribution in [0.25, 0.3) is 10.9 Å². The number of nitrogens with zero attached hydrogens (tertiary/aromatic N) is 1. The van der Waals surface area contributed by atoms with Gasteiger partial charge in [0.2, 0.25) is 0 Å². The van der Waals surface area contributed by atoms with E-state index in [1.807, 2.05) is 0 Å². The first-order valence-electron chi connectivity index (χ1n) is 5.88. The lowest BCUT2D eigenvalue weighted by Crippen LogP contribution is -2.14. The summed E-state index contributed by atoms with van der Waals surface area (Å²) in [6.45, 7) is 0. The van der Waals surface area contributed by atoms with Gasteiger partial charge in [0.25, 0.3) is 10.0 Å². The molecule has 108 valence electrons. The van der Waals surface area contributed by atoms with Crippen molar-refractivity contribution in [3.05, 3.63) is 54.1 Å². The molecule has 3 rings (SSSR count). The molecule has 0 fully saturated rings. The van der Waals surface area contributed by atoms with Crippen molar-refractivity contribution in [2.75, 3.05) is 4.72 Å². The highest BCUT2D eigenvalue weighted by molar-refractivity contribution is 7.92. The Balaban J connectivity index is 2.03. The Labute approximate surface area is 118 Å². The van der Waals surface area contributed by atoms with Gasteiger partial charge in [-0.3, -0.25) is 9.82 Å². The number of hydrogen-bond acceptors (Lipinski definition) is 3. The number of benzene rings is 2. The van der Waals surface area contributed by atoms with Gasteiger partial charge in [0.05, 0.1) is 10.4 Å². The molecule has 0 unspecified atom stereocenters. The molecule has 0 amide bonds. The molecule has 1 aromatic heterocycles. The molecule has 0 saturated heterocycles. The standard InChI is InChI=1S/C13H9F2N3O2S/c14-8-5-9(15)7-10(6-8)21(19,20)18-13-11-3-1-2-4-12(11)16-17-13/h1-7H,(H2,16,17,18). The SMILES string of the molecule is O=S(=O)(Nc1n[nH]c2ccccc12)c1cc(F)cc(F)c1. The fraction of sp³-hybridized carbons (Fsp3) is 0. The van der Waals surface area contributed by atoms with Crippen molar-refractivity contribution in [2.24, 2.45) is 0 Å². The Bertz CT molecular complexity index is 902. The van der Waals surface area contributed by atoms with E-state index in [4.69, 9.17) is 0 Å². The third kappa shape index (κ3) is 2.57. The van der Waals surface area contributed by atoms with Gasteiger partial charge in [-0.05, 0) is 24.3 Å². The lowest BCUT2D eigenvalue weighted by Gasteiger charge is -2.06. The van der Waals surface area contributed by atoms with Gasteiger partial charge in [-0.15, -0.1) is 0 Å². The van der Waals surface area contributed by atoms with Crippen molar-refractivity contribution in [1.82, 2.24) is 10.2 Å². The fourth-order valence-electron chi connectivity index (χ4n) is 1.91. The highest BCUT2D eigenvalue weighted by Gasteiger charge is 2.19. The molecule has 3 aromatic rings. The number of halogens is 2. The zero-order chi connectivity index (χ0) is 15.0. The first-order valence-corrected chi connectivity index (χ1v) is 7.36. The molecule has 1 heterocycles. The van der Waals surface area contributed by atoms with Gasteiger partial charge in [-0.25, -0.2) is 17.2 Å². The van der Waals surface area contributed by atoms with E-state index >= 15 is 0 Å². The maximum Gasteiger partial charge on any atom is 0.263 e. The minimum Gasteiger partial charge on any atom is -0.276 e. The van der Waals surface area contributed by atoms with Crippen molar-refractivity contribution >= 4 is 26.7 Å². The number of sulfonamides is 1. The third-order valence-corrected chi connectivity index (χ3v) is 4.17. The predicted octanol–water partition coefficient (Wildman–Crippen LogP) is 2.64. The molecule has 0 spiro atoms. The number of anilines is 1. The number of aromatic nitrogens is 2. The molecule has 0 radical (unpaired) electrons. The van der Waals surface area contributed by atoms with Gasteiger partial charge >= 0.3 is 0 Å². The summed E-state index contributed by atoms with van der Waals surface area (Å²) in [4.78, 5) is -0.507. The first kappa shape index (κ1) is 13.5. The smallest absolute Gasteiger partial charge is 0.263 e. The number of nitrogens with one attached hydrogen (secondary N) is 2. The van der Waals surface area contributed by atoms with Crippen LogP contribution >= 0.6 is 0 Å². The number of rotatable bonds is 3. The monoisotopic (exact) mass is 309 g/mol. The van der Waals surface area contributed by atoms with Crippen LogP contribution in [0, 0.1) is 11.6 Å². The fourth-order valence-corrected chi connectivity index (χ4v) is 2.97. The molecule has 2 aromatic carbocycles. The second-order valence-electron chi connectivity index (χ2n) is 4.33. The summed E-state index contributed by atoms with van der Waals surface area (Å²) in [5.41, 5.74) is 0.639. The van der Waals surface area contributed by atoms with Crippen LogP contribution in [0.15, 0.2) is 47.4 Å². The molecular formula is C13H9F2N3O2S. The highest BCUT2D eigenvalue weighted by atomic mass is 32.2. The van der Waals surface area contributed by atoms with Crippen LogP contribution in [0.1, 0.15) is 0 Å². The van der Waals surface area contributed by atoms with Crippen molar-refractivity contribution in [2.45, 2.75) is 4.90 Å². The maximum absolute atomic E-state index is 13.1. The second kappa shape index (κ2) is 4.81. The molecule has 0 aliphatic rings. The topological polar surface area (TPSA) is 74.8 Å². The van der Waals surface area contributed by atoms with Crippen molar-refractivity contribution in [3.63, 3.8) is 0 Å². The van der Waals surface area contributed by atoms with Crippen LogP contribution in [0.3, 0.4) is 0 Å². The van der Waals surface area contributed by atoms with Crippen LogP contribution < -0.4 is 4.72 Å². The van der Waals surface area contributed by atoms with E-state index in [0.29, 0.717) is 17.0 Å². The number of fused-ring (bicyclic) bond motifs is 1. The van der Waals surface area contributed by atoms with Gasteiger partial charge in [-0.1, -0.05) is 12.1 Å². The Kier molecular flexibility index (Phi) is 3.09. The first-order chi connectivity index (χ1) is 9.95. The normalized spacial score (nSPS) is 11.7. The van der Waals surface area contributed by atoms with E-state index in [0.717, 1.165) is 12.1 Å². The van der Waals surface area contributed by atoms with E-state index in [2.05, 4.69) is 14.9 Å². The number of aromatic amines is 1. The van der Waals surface area contributed by atoms with E-state index in [9.17, 15) is 17.2 Å². The third-order valence-electron chi connectivity index (χ3n) is 2.85. The molecule has 8 heteroatoms. The molecule has 21 heavy (non-hydrogen) atoms. The molecule has 5 nitrogen and oxygen atoms in total. The minimum absolute atomic E-state index is 0.0651. The maximum atomic E-state index is 13.1. The summed E-state index contributed by atoms with van der Waals surface area (Å²) >= 11 is 0. The molecular weight excluding hydrogens is 300 g/mol. The zero-order valence-corrected chi connectivity index (χ0v) is 11.3. The summed E-state index contributed by atoms with van der Waals surface area (Å²) in [6, 6.07) is 8.95. The van der Waals surface area contributed by atoms with Gasteiger partial charge in [0.15, 0.2) is 5.82 Å². The van der Waals surface area contributed by atoms with E-state index in [1.54, 1.807) is 24.3 Å². The van der Waals surface area contributed by atoms with Gasteiger partial charge in [0, 0.05) is 11.5 Å². The molecule has 0 saturated carbocycles. The molecule has 0 aliphatic heterocycles. The second-order valence-corrected chi connectivity index (χ2v) is 6.01. The van der Waals surface area contributed by atoms with Gasteiger partial charge in [-0.2, -0.15) is 5.10 Å². The Morgan fingerprint density at radius 1 is 1.05 bits per heavy atom. The van der Waals surface area contributed by atoms with E-state index in [-0.39, 0.29) is 5.82 Å². The van der Waals surface area contributed by atoms with E-state index < -0.39 is 26.6 Å². The Morgan fingerprint density at radius 3 is 2.43 bits per heavy atom. The zero-order valence-electron chi connectivity index (χ0n) is 10.5. The van der Waals surface area contributed by atoms with Gasteiger partial charge in [0.1, 0.15) is 11.6 Å².